The van der Waals surface area contributed by atoms with Gasteiger partial charge in [-0.3, -0.25) is 0 Å². The minimum Gasteiger partial charge on any atom is -0.0695 e. The summed E-state index contributed by atoms with van der Waals surface area (Å²) < 4.78 is 11.0. The number of rotatable bonds is 2. The average molecular weight is 174 g/mol. The molecule has 1 nitrogen and oxygen atoms in total. The minimum atomic E-state index is -1.36. The largest absolute Gasteiger partial charge is 0.392 e. The summed E-state index contributed by atoms with van der Waals surface area (Å²) in [5, 5.41) is 0.826. The zero-order valence-electron chi connectivity index (χ0n) is 5.33. The van der Waals surface area contributed by atoms with Gasteiger partial charge in [0.15, 0.2) is 5.30 Å². The van der Waals surface area contributed by atoms with Crippen LogP contribution in [0, 0.1) is 0 Å². The monoisotopic (exact) mass is 173 g/mol. The molecule has 1 aromatic rings. The third-order valence-corrected chi connectivity index (χ3v) is 2.90. The van der Waals surface area contributed by atoms with Crippen molar-refractivity contribution in [3.8, 4) is 0 Å². The van der Waals surface area contributed by atoms with Gasteiger partial charge in [0, 0.05) is 0 Å². The van der Waals surface area contributed by atoms with Gasteiger partial charge in [0.2, 0.25) is 5.62 Å². The summed E-state index contributed by atoms with van der Waals surface area (Å²) in [5.74, 6) is 0. The SMILES string of the molecule is O=[P+](CCl)c1ccccc1. The van der Waals surface area contributed by atoms with Crippen LogP contribution >= 0.6 is 19.4 Å². The van der Waals surface area contributed by atoms with Crippen LogP contribution in [0.5, 0.6) is 0 Å². The molecule has 0 radical (unpaired) electrons. The highest BCUT2D eigenvalue weighted by Gasteiger charge is 2.15. The van der Waals surface area contributed by atoms with E-state index in [1.807, 2.05) is 30.3 Å². The molecule has 1 aromatic carbocycles. The van der Waals surface area contributed by atoms with E-state index >= 15 is 0 Å². The predicted molar refractivity (Wildman–Crippen MR) is 44.4 cm³/mol. The Labute approximate surface area is 65.8 Å². The molecule has 0 spiro atoms. The first-order valence-corrected chi connectivity index (χ1v) is 4.88. The quantitative estimate of drug-likeness (QED) is 0.496. The molecule has 0 amide bonds. The number of hydrogen-bond acceptors (Lipinski definition) is 1. The van der Waals surface area contributed by atoms with Gasteiger partial charge in [0.05, 0.1) is 0 Å². The number of halogens is 1. The Kier molecular flexibility index (Phi) is 2.85. The molecule has 0 aliphatic heterocycles. The minimum absolute atomic E-state index is 0.208. The summed E-state index contributed by atoms with van der Waals surface area (Å²) in [4.78, 5) is 0. The van der Waals surface area contributed by atoms with E-state index in [1.54, 1.807) is 0 Å². The topological polar surface area (TPSA) is 17.1 Å². The summed E-state index contributed by atoms with van der Waals surface area (Å²) in [6, 6.07) is 9.24. The van der Waals surface area contributed by atoms with E-state index in [1.165, 1.54) is 0 Å². The second-order valence-electron chi connectivity index (χ2n) is 1.83. The van der Waals surface area contributed by atoms with Crippen molar-refractivity contribution < 1.29 is 4.57 Å². The fourth-order valence-corrected chi connectivity index (χ4v) is 1.72. The molecule has 0 saturated heterocycles. The first kappa shape index (κ1) is 7.71. The van der Waals surface area contributed by atoms with E-state index in [2.05, 4.69) is 0 Å². The lowest BCUT2D eigenvalue weighted by molar-refractivity contribution is 0.595. The first-order valence-electron chi connectivity index (χ1n) is 2.90. The normalized spacial score (nSPS) is 11.1. The zero-order valence-corrected chi connectivity index (χ0v) is 6.98. The molecule has 0 heterocycles. The Hall–Kier alpha value is -0.390. The Morgan fingerprint density at radius 1 is 1.30 bits per heavy atom. The Morgan fingerprint density at radius 2 is 1.90 bits per heavy atom. The molecule has 0 fully saturated rings. The van der Waals surface area contributed by atoms with Crippen LogP contribution in [0.4, 0.5) is 0 Å². The van der Waals surface area contributed by atoms with E-state index in [9.17, 15) is 4.57 Å². The maximum Gasteiger partial charge on any atom is 0.392 e. The molecule has 0 N–H and O–H groups in total. The Balaban J connectivity index is 2.85. The molecule has 1 unspecified atom stereocenters. The highest BCUT2D eigenvalue weighted by Crippen LogP contribution is 2.19. The van der Waals surface area contributed by atoms with Crippen LogP contribution in [0.25, 0.3) is 0 Å². The van der Waals surface area contributed by atoms with Gasteiger partial charge in [0.1, 0.15) is 0 Å². The molecule has 0 bridgehead atoms. The van der Waals surface area contributed by atoms with E-state index < -0.39 is 7.80 Å². The molecule has 10 heavy (non-hydrogen) atoms. The van der Waals surface area contributed by atoms with Crippen molar-refractivity contribution in [2.75, 3.05) is 5.62 Å². The van der Waals surface area contributed by atoms with Crippen LogP contribution in [0.1, 0.15) is 0 Å². The van der Waals surface area contributed by atoms with Gasteiger partial charge in [-0.15, -0.1) is 0 Å². The van der Waals surface area contributed by atoms with Crippen molar-refractivity contribution in [3.05, 3.63) is 30.3 Å². The third-order valence-electron chi connectivity index (χ3n) is 1.15. The van der Waals surface area contributed by atoms with Crippen LogP contribution in [-0.4, -0.2) is 5.62 Å². The molecular formula is C7H7ClOP+. The van der Waals surface area contributed by atoms with Crippen molar-refractivity contribution in [2.24, 2.45) is 0 Å². The second-order valence-corrected chi connectivity index (χ2v) is 4.06. The fourth-order valence-electron chi connectivity index (χ4n) is 0.663. The van der Waals surface area contributed by atoms with Crippen molar-refractivity contribution >= 4 is 24.7 Å². The van der Waals surface area contributed by atoms with Crippen molar-refractivity contribution in [3.63, 3.8) is 0 Å². The standard InChI is InChI=1S/C7H7ClOP/c8-6-10(9)7-4-2-1-3-5-7/h1-5H,6H2/q+1. The van der Waals surface area contributed by atoms with Crippen LogP contribution in [0.3, 0.4) is 0 Å². The highest BCUT2D eigenvalue weighted by molar-refractivity contribution is 7.55. The van der Waals surface area contributed by atoms with Crippen LogP contribution in [0.15, 0.2) is 30.3 Å². The van der Waals surface area contributed by atoms with Gasteiger partial charge in [-0.05, 0) is 12.1 Å². The lowest BCUT2D eigenvalue weighted by atomic mass is 10.4. The molecule has 52 valence electrons. The lowest BCUT2D eigenvalue weighted by Gasteiger charge is -1.81. The maximum atomic E-state index is 11.0. The van der Waals surface area contributed by atoms with Gasteiger partial charge >= 0.3 is 7.80 Å². The zero-order chi connectivity index (χ0) is 7.40. The Morgan fingerprint density at radius 3 is 2.40 bits per heavy atom. The van der Waals surface area contributed by atoms with Crippen LogP contribution < -0.4 is 5.30 Å². The number of hydrogen-bond donors (Lipinski definition) is 0. The first-order chi connectivity index (χ1) is 4.84. The molecule has 0 saturated carbocycles. The van der Waals surface area contributed by atoms with E-state index in [0.29, 0.717) is 0 Å². The van der Waals surface area contributed by atoms with E-state index in [0.717, 1.165) is 5.30 Å². The van der Waals surface area contributed by atoms with E-state index in [4.69, 9.17) is 11.6 Å². The van der Waals surface area contributed by atoms with Gasteiger partial charge in [-0.1, -0.05) is 34.4 Å². The van der Waals surface area contributed by atoms with Gasteiger partial charge in [0.25, 0.3) is 0 Å². The molecule has 1 atom stereocenters. The summed E-state index contributed by atoms with van der Waals surface area (Å²) in [6.07, 6.45) is 0. The average Bonchev–Trinajstić information content (AvgIpc) is 2.05. The second kappa shape index (κ2) is 3.70. The molecule has 0 aliphatic rings. The Bertz CT molecular complexity index is 222. The van der Waals surface area contributed by atoms with Crippen LogP contribution in [0.2, 0.25) is 0 Å². The van der Waals surface area contributed by atoms with Gasteiger partial charge in [-0.2, -0.15) is 0 Å². The molecular weight excluding hydrogens is 167 g/mol. The van der Waals surface area contributed by atoms with Crippen molar-refractivity contribution in [2.45, 2.75) is 0 Å². The van der Waals surface area contributed by atoms with Gasteiger partial charge in [-0.25, -0.2) is 0 Å². The molecule has 0 aromatic heterocycles. The van der Waals surface area contributed by atoms with E-state index in [-0.39, 0.29) is 5.62 Å². The summed E-state index contributed by atoms with van der Waals surface area (Å²) in [6.45, 7) is 0. The summed E-state index contributed by atoms with van der Waals surface area (Å²) in [5.41, 5.74) is 0.208. The predicted octanol–water partition coefficient (Wildman–Crippen LogP) is 2.34. The molecule has 0 aliphatic carbocycles. The smallest absolute Gasteiger partial charge is 0.0695 e. The van der Waals surface area contributed by atoms with Crippen molar-refractivity contribution in [1.29, 1.82) is 0 Å². The van der Waals surface area contributed by atoms with Gasteiger partial charge < -0.3 is 0 Å². The fraction of sp³-hybridized carbons (Fsp3) is 0.143. The maximum absolute atomic E-state index is 11.0. The van der Waals surface area contributed by atoms with Crippen molar-refractivity contribution in [1.82, 2.24) is 0 Å². The number of benzene rings is 1. The van der Waals surface area contributed by atoms with Crippen LogP contribution in [-0.2, 0) is 4.57 Å². The third kappa shape index (κ3) is 1.80. The lowest BCUT2D eigenvalue weighted by Crippen LogP contribution is -1.93. The number of alkyl halides is 1. The molecule has 1 rings (SSSR count). The molecule has 3 heteroatoms. The summed E-state index contributed by atoms with van der Waals surface area (Å²) >= 11 is 5.40. The summed E-state index contributed by atoms with van der Waals surface area (Å²) in [7, 11) is -1.36. The highest BCUT2D eigenvalue weighted by atomic mass is 35.5.